The highest BCUT2D eigenvalue weighted by Gasteiger charge is 2.29. The minimum Gasteiger partial charge on any atom is -0.492 e. The number of carbonyl (C=O) groups excluding carboxylic acids is 1. The minimum atomic E-state index is -0.180. The van der Waals surface area contributed by atoms with E-state index >= 15 is 0 Å². The van der Waals surface area contributed by atoms with Gasteiger partial charge in [-0.05, 0) is 18.2 Å². The van der Waals surface area contributed by atoms with Crippen molar-refractivity contribution in [2.45, 2.75) is 12.5 Å². The third kappa shape index (κ3) is 2.47. The predicted octanol–water partition coefficient (Wildman–Crippen LogP) is 1.78. The molecule has 4 heteroatoms. The van der Waals surface area contributed by atoms with Gasteiger partial charge in [-0.1, -0.05) is 18.2 Å². The van der Waals surface area contributed by atoms with Gasteiger partial charge < -0.3 is 14.6 Å². The van der Waals surface area contributed by atoms with Gasteiger partial charge in [0.05, 0.1) is 0 Å². The standard InChI is InChI=1S/C15H16N2O2/c18-15(16-7-10-17-8-3-4-9-17)13-11-19-14-6-2-1-5-12(13)14/h1-6,8-9,13H,7,10-11H2,(H,16,18). The first-order valence-corrected chi connectivity index (χ1v) is 6.45. The van der Waals surface area contributed by atoms with Gasteiger partial charge >= 0.3 is 0 Å². The van der Waals surface area contributed by atoms with Crippen molar-refractivity contribution in [2.24, 2.45) is 0 Å². The van der Waals surface area contributed by atoms with Gasteiger partial charge in [0.2, 0.25) is 5.91 Å². The molecule has 0 radical (unpaired) electrons. The lowest BCUT2D eigenvalue weighted by molar-refractivity contribution is -0.122. The van der Waals surface area contributed by atoms with Gasteiger partial charge in [-0.2, -0.15) is 0 Å². The number of nitrogens with zero attached hydrogens (tertiary/aromatic N) is 1. The summed E-state index contributed by atoms with van der Waals surface area (Å²) in [7, 11) is 0. The van der Waals surface area contributed by atoms with E-state index in [2.05, 4.69) is 5.32 Å². The van der Waals surface area contributed by atoms with Crippen molar-refractivity contribution >= 4 is 5.91 Å². The van der Waals surface area contributed by atoms with Crippen molar-refractivity contribution in [1.29, 1.82) is 0 Å². The maximum absolute atomic E-state index is 12.1. The van der Waals surface area contributed by atoms with Crippen molar-refractivity contribution < 1.29 is 9.53 Å². The summed E-state index contributed by atoms with van der Waals surface area (Å²) in [6.07, 6.45) is 3.97. The number of carbonyl (C=O) groups is 1. The number of para-hydroxylation sites is 1. The lowest BCUT2D eigenvalue weighted by Gasteiger charge is -2.10. The first-order valence-electron chi connectivity index (χ1n) is 6.45. The molecule has 1 aliphatic heterocycles. The van der Waals surface area contributed by atoms with E-state index in [1.807, 2.05) is 53.4 Å². The zero-order valence-corrected chi connectivity index (χ0v) is 10.6. The number of aromatic nitrogens is 1. The van der Waals surface area contributed by atoms with Crippen molar-refractivity contribution in [2.75, 3.05) is 13.2 Å². The number of benzene rings is 1. The largest absolute Gasteiger partial charge is 0.492 e. The third-order valence-corrected chi connectivity index (χ3v) is 3.35. The fraction of sp³-hybridized carbons (Fsp3) is 0.267. The molecule has 0 aliphatic carbocycles. The average molecular weight is 256 g/mol. The Bertz CT molecular complexity index is 563. The van der Waals surface area contributed by atoms with Crippen molar-refractivity contribution in [1.82, 2.24) is 9.88 Å². The van der Waals surface area contributed by atoms with Crippen molar-refractivity contribution in [3.05, 3.63) is 54.4 Å². The van der Waals surface area contributed by atoms with Crippen LogP contribution < -0.4 is 10.1 Å². The maximum Gasteiger partial charge on any atom is 0.231 e. The number of ether oxygens (including phenoxy) is 1. The van der Waals surface area contributed by atoms with E-state index in [4.69, 9.17) is 4.74 Å². The summed E-state index contributed by atoms with van der Waals surface area (Å²) >= 11 is 0. The molecular formula is C15H16N2O2. The smallest absolute Gasteiger partial charge is 0.231 e. The molecule has 1 unspecified atom stereocenters. The molecular weight excluding hydrogens is 240 g/mol. The van der Waals surface area contributed by atoms with Crippen LogP contribution in [0.2, 0.25) is 0 Å². The van der Waals surface area contributed by atoms with Crippen molar-refractivity contribution in [3.63, 3.8) is 0 Å². The van der Waals surface area contributed by atoms with E-state index in [0.717, 1.165) is 17.9 Å². The number of hydrogen-bond donors (Lipinski definition) is 1. The van der Waals surface area contributed by atoms with E-state index in [1.165, 1.54) is 0 Å². The summed E-state index contributed by atoms with van der Waals surface area (Å²) in [5, 5.41) is 2.96. The van der Waals surface area contributed by atoms with E-state index in [1.54, 1.807) is 0 Å². The molecule has 0 fully saturated rings. The second-order valence-corrected chi connectivity index (χ2v) is 4.61. The molecule has 0 saturated carbocycles. The van der Waals surface area contributed by atoms with Gasteiger partial charge in [0.25, 0.3) is 0 Å². The van der Waals surface area contributed by atoms with E-state index in [-0.39, 0.29) is 11.8 Å². The van der Waals surface area contributed by atoms with Crippen molar-refractivity contribution in [3.8, 4) is 5.75 Å². The summed E-state index contributed by atoms with van der Waals surface area (Å²) in [4.78, 5) is 12.1. The van der Waals surface area contributed by atoms with E-state index in [9.17, 15) is 4.79 Å². The Balaban J connectivity index is 1.57. The maximum atomic E-state index is 12.1. The molecule has 98 valence electrons. The Labute approximate surface area is 112 Å². The fourth-order valence-corrected chi connectivity index (χ4v) is 2.33. The molecule has 2 heterocycles. The zero-order chi connectivity index (χ0) is 13.1. The van der Waals surface area contributed by atoms with Crippen LogP contribution in [0, 0.1) is 0 Å². The summed E-state index contributed by atoms with van der Waals surface area (Å²) in [6.45, 7) is 1.86. The third-order valence-electron chi connectivity index (χ3n) is 3.35. The Hall–Kier alpha value is -2.23. The quantitative estimate of drug-likeness (QED) is 0.906. The molecule has 0 spiro atoms. The Morgan fingerprint density at radius 1 is 1.26 bits per heavy atom. The predicted molar refractivity (Wildman–Crippen MR) is 72.1 cm³/mol. The highest BCUT2D eigenvalue weighted by molar-refractivity contribution is 5.85. The number of rotatable bonds is 4. The first-order chi connectivity index (χ1) is 9.34. The molecule has 0 bridgehead atoms. The van der Waals surface area contributed by atoms with E-state index in [0.29, 0.717) is 13.2 Å². The zero-order valence-electron chi connectivity index (χ0n) is 10.6. The number of fused-ring (bicyclic) bond motifs is 1. The summed E-state index contributed by atoms with van der Waals surface area (Å²) < 4.78 is 7.56. The second kappa shape index (κ2) is 5.18. The van der Waals surface area contributed by atoms with Crippen LogP contribution in [0.3, 0.4) is 0 Å². The van der Waals surface area contributed by atoms with Gasteiger partial charge in [0.1, 0.15) is 18.3 Å². The number of nitrogens with one attached hydrogen (secondary N) is 1. The molecule has 1 N–H and O–H groups in total. The topological polar surface area (TPSA) is 43.3 Å². The van der Waals surface area contributed by atoms with Crippen LogP contribution in [0.4, 0.5) is 0 Å². The highest BCUT2D eigenvalue weighted by Crippen LogP contribution is 2.33. The van der Waals surface area contributed by atoms with Gasteiger partial charge in [-0.3, -0.25) is 4.79 Å². The van der Waals surface area contributed by atoms with Crippen LogP contribution in [0.5, 0.6) is 5.75 Å². The minimum absolute atomic E-state index is 0.0390. The monoisotopic (exact) mass is 256 g/mol. The number of amides is 1. The first kappa shape index (κ1) is 11.8. The Morgan fingerprint density at radius 3 is 2.89 bits per heavy atom. The fourth-order valence-electron chi connectivity index (χ4n) is 2.33. The SMILES string of the molecule is O=C(NCCn1cccc1)C1COc2ccccc21. The molecule has 0 saturated heterocycles. The van der Waals surface area contributed by atoms with Crippen LogP contribution in [0.25, 0.3) is 0 Å². The molecule has 4 nitrogen and oxygen atoms in total. The Morgan fingerprint density at radius 2 is 2.05 bits per heavy atom. The van der Waals surface area contributed by atoms with E-state index < -0.39 is 0 Å². The second-order valence-electron chi connectivity index (χ2n) is 4.61. The molecule has 1 aromatic heterocycles. The number of hydrogen-bond acceptors (Lipinski definition) is 2. The molecule has 19 heavy (non-hydrogen) atoms. The van der Waals surface area contributed by atoms with Crippen LogP contribution in [-0.4, -0.2) is 23.6 Å². The lowest BCUT2D eigenvalue weighted by Crippen LogP contribution is -2.32. The van der Waals surface area contributed by atoms with Gasteiger partial charge in [-0.25, -0.2) is 0 Å². The van der Waals surface area contributed by atoms with Crippen LogP contribution >= 0.6 is 0 Å². The average Bonchev–Trinajstić information content (AvgIpc) is 3.07. The Kier molecular flexibility index (Phi) is 3.23. The molecule has 3 rings (SSSR count). The van der Waals surface area contributed by atoms with Crippen LogP contribution in [0.1, 0.15) is 11.5 Å². The lowest BCUT2D eigenvalue weighted by atomic mass is 10.0. The summed E-state index contributed by atoms with van der Waals surface area (Å²) in [6, 6.07) is 11.7. The molecule has 1 atom stereocenters. The van der Waals surface area contributed by atoms with Crippen LogP contribution in [0.15, 0.2) is 48.8 Å². The van der Waals surface area contributed by atoms with Crippen LogP contribution in [-0.2, 0) is 11.3 Å². The normalized spacial score (nSPS) is 16.7. The summed E-state index contributed by atoms with van der Waals surface area (Å²) in [5.41, 5.74) is 0.987. The van der Waals surface area contributed by atoms with Gasteiger partial charge in [0.15, 0.2) is 0 Å². The molecule has 1 amide bonds. The molecule has 2 aromatic rings. The molecule has 1 aromatic carbocycles. The highest BCUT2D eigenvalue weighted by atomic mass is 16.5. The molecule has 1 aliphatic rings. The van der Waals surface area contributed by atoms with Gasteiger partial charge in [0, 0.05) is 31.0 Å². The van der Waals surface area contributed by atoms with Gasteiger partial charge in [-0.15, -0.1) is 0 Å². The summed E-state index contributed by atoms with van der Waals surface area (Å²) in [5.74, 6) is 0.686.